The van der Waals surface area contributed by atoms with Gasteiger partial charge in [-0.15, -0.1) is 0 Å². The number of halogens is 1. The topological polar surface area (TPSA) is 49.0 Å². The molecule has 6 heteroatoms. The minimum absolute atomic E-state index is 0.271. The standard InChI is InChI=1S/C22H20ClNO4/c1-25-21-10-16(12-24-18-7-9-20-22(11-18)28-14-27-20)4-8-19(21)26-13-15-2-5-17(23)6-3-15/h2-11,24H,12-14H2,1H3. The minimum Gasteiger partial charge on any atom is -0.493 e. The molecule has 0 saturated carbocycles. The molecule has 1 aliphatic rings. The van der Waals surface area contributed by atoms with Gasteiger partial charge < -0.3 is 24.3 Å². The van der Waals surface area contributed by atoms with Crippen LogP contribution in [0.4, 0.5) is 5.69 Å². The summed E-state index contributed by atoms with van der Waals surface area (Å²) in [5.74, 6) is 2.92. The highest BCUT2D eigenvalue weighted by Gasteiger charge is 2.13. The summed E-state index contributed by atoms with van der Waals surface area (Å²) < 4.78 is 22.1. The number of nitrogens with one attached hydrogen (secondary N) is 1. The molecular formula is C22H20ClNO4. The van der Waals surface area contributed by atoms with Gasteiger partial charge in [0.2, 0.25) is 6.79 Å². The van der Waals surface area contributed by atoms with E-state index in [1.165, 1.54) is 0 Å². The average molecular weight is 398 g/mol. The maximum absolute atomic E-state index is 5.92. The van der Waals surface area contributed by atoms with Gasteiger partial charge in [-0.1, -0.05) is 29.8 Å². The SMILES string of the molecule is COc1cc(CNc2ccc3c(c2)OCO3)ccc1OCc1ccc(Cl)cc1. The van der Waals surface area contributed by atoms with Crippen molar-refractivity contribution in [2.24, 2.45) is 0 Å². The number of hydrogen-bond donors (Lipinski definition) is 1. The second-order valence-corrected chi connectivity index (χ2v) is 6.76. The molecule has 5 nitrogen and oxygen atoms in total. The van der Waals surface area contributed by atoms with Crippen LogP contribution in [0.1, 0.15) is 11.1 Å². The molecule has 0 aromatic heterocycles. The highest BCUT2D eigenvalue weighted by molar-refractivity contribution is 6.30. The van der Waals surface area contributed by atoms with Gasteiger partial charge >= 0.3 is 0 Å². The number of anilines is 1. The molecule has 0 saturated heterocycles. The van der Waals surface area contributed by atoms with Crippen LogP contribution in [0.3, 0.4) is 0 Å². The Morgan fingerprint density at radius 3 is 2.50 bits per heavy atom. The van der Waals surface area contributed by atoms with Gasteiger partial charge in [0.05, 0.1) is 7.11 Å². The van der Waals surface area contributed by atoms with Gasteiger partial charge in [-0.25, -0.2) is 0 Å². The van der Waals surface area contributed by atoms with Crippen molar-refractivity contribution in [3.05, 3.63) is 76.8 Å². The Balaban J connectivity index is 1.39. The second kappa shape index (κ2) is 8.31. The number of ether oxygens (including phenoxy) is 4. The third-order valence-electron chi connectivity index (χ3n) is 4.40. The smallest absolute Gasteiger partial charge is 0.231 e. The third kappa shape index (κ3) is 4.26. The zero-order valence-corrected chi connectivity index (χ0v) is 16.2. The van der Waals surface area contributed by atoms with Crippen molar-refractivity contribution in [2.75, 3.05) is 19.2 Å². The molecule has 0 spiro atoms. The molecule has 1 N–H and O–H groups in total. The normalized spacial score (nSPS) is 11.9. The van der Waals surface area contributed by atoms with Crippen molar-refractivity contribution >= 4 is 17.3 Å². The lowest BCUT2D eigenvalue weighted by molar-refractivity contribution is 0.174. The van der Waals surface area contributed by atoms with Crippen LogP contribution in [0.15, 0.2) is 60.7 Å². The van der Waals surface area contributed by atoms with Gasteiger partial charge in [0.25, 0.3) is 0 Å². The van der Waals surface area contributed by atoms with E-state index in [0.717, 1.165) is 28.3 Å². The number of methoxy groups -OCH3 is 1. The molecule has 144 valence electrons. The second-order valence-electron chi connectivity index (χ2n) is 6.32. The van der Waals surface area contributed by atoms with Crippen LogP contribution in [0.5, 0.6) is 23.0 Å². The molecule has 1 heterocycles. The van der Waals surface area contributed by atoms with Crippen molar-refractivity contribution in [1.29, 1.82) is 0 Å². The lowest BCUT2D eigenvalue weighted by Gasteiger charge is -2.13. The zero-order chi connectivity index (χ0) is 19.3. The fourth-order valence-corrected chi connectivity index (χ4v) is 3.02. The summed E-state index contributed by atoms with van der Waals surface area (Å²) in [7, 11) is 1.64. The van der Waals surface area contributed by atoms with Crippen LogP contribution < -0.4 is 24.3 Å². The van der Waals surface area contributed by atoms with Gasteiger partial charge in [0.15, 0.2) is 23.0 Å². The Kier molecular flexibility index (Phi) is 5.44. The largest absolute Gasteiger partial charge is 0.493 e. The molecule has 3 aromatic rings. The van der Waals surface area contributed by atoms with Crippen molar-refractivity contribution in [3.8, 4) is 23.0 Å². The summed E-state index contributed by atoms with van der Waals surface area (Å²) in [6.45, 7) is 1.36. The van der Waals surface area contributed by atoms with E-state index in [1.807, 2.05) is 60.7 Å². The van der Waals surface area contributed by atoms with Crippen molar-refractivity contribution in [1.82, 2.24) is 0 Å². The van der Waals surface area contributed by atoms with E-state index < -0.39 is 0 Å². The summed E-state index contributed by atoms with van der Waals surface area (Å²) >= 11 is 5.92. The number of rotatable bonds is 7. The molecule has 0 unspecified atom stereocenters. The zero-order valence-electron chi connectivity index (χ0n) is 15.4. The Morgan fingerprint density at radius 1 is 0.893 bits per heavy atom. The fraction of sp³-hybridized carbons (Fsp3) is 0.182. The molecule has 4 rings (SSSR count). The van der Waals surface area contributed by atoms with Crippen LogP contribution in [0, 0.1) is 0 Å². The molecule has 0 atom stereocenters. The molecular weight excluding hydrogens is 378 g/mol. The van der Waals surface area contributed by atoms with Gasteiger partial charge in [0, 0.05) is 23.3 Å². The lowest BCUT2D eigenvalue weighted by Crippen LogP contribution is -2.02. The minimum atomic E-state index is 0.271. The van der Waals surface area contributed by atoms with Crippen LogP contribution in [0.25, 0.3) is 0 Å². The van der Waals surface area contributed by atoms with Crippen LogP contribution in [-0.4, -0.2) is 13.9 Å². The molecule has 0 fully saturated rings. The van der Waals surface area contributed by atoms with E-state index in [2.05, 4.69) is 5.32 Å². The number of fused-ring (bicyclic) bond motifs is 1. The van der Waals surface area contributed by atoms with E-state index in [-0.39, 0.29) is 6.79 Å². The first kappa shape index (κ1) is 18.3. The number of benzene rings is 3. The predicted octanol–water partition coefficient (Wildman–Crippen LogP) is 5.27. The lowest BCUT2D eigenvalue weighted by atomic mass is 10.2. The maximum atomic E-state index is 5.92. The first-order valence-corrected chi connectivity index (χ1v) is 9.27. The summed E-state index contributed by atoms with van der Waals surface area (Å²) in [5.41, 5.74) is 3.08. The number of hydrogen-bond acceptors (Lipinski definition) is 5. The quantitative estimate of drug-likeness (QED) is 0.588. The van der Waals surface area contributed by atoms with Gasteiger partial charge in [0.1, 0.15) is 6.61 Å². The first-order valence-electron chi connectivity index (χ1n) is 8.89. The maximum Gasteiger partial charge on any atom is 0.231 e. The molecule has 0 bridgehead atoms. The van der Waals surface area contributed by atoms with E-state index in [0.29, 0.717) is 29.7 Å². The van der Waals surface area contributed by atoms with Crippen LogP contribution in [0.2, 0.25) is 5.02 Å². The van der Waals surface area contributed by atoms with E-state index in [1.54, 1.807) is 7.11 Å². The first-order chi connectivity index (χ1) is 13.7. The Labute approximate surface area is 168 Å². The molecule has 0 radical (unpaired) electrons. The highest BCUT2D eigenvalue weighted by atomic mass is 35.5. The Morgan fingerprint density at radius 2 is 1.68 bits per heavy atom. The molecule has 28 heavy (non-hydrogen) atoms. The van der Waals surface area contributed by atoms with Crippen molar-refractivity contribution < 1.29 is 18.9 Å². The Bertz CT molecular complexity index is 959. The fourth-order valence-electron chi connectivity index (χ4n) is 2.89. The summed E-state index contributed by atoms with van der Waals surface area (Å²) in [6, 6.07) is 19.3. The van der Waals surface area contributed by atoms with E-state index >= 15 is 0 Å². The van der Waals surface area contributed by atoms with Gasteiger partial charge in [-0.05, 0) is 47.5 Å². The summed E-state index contributed by atoms with van der Waals surface area (Å²) in [5, 5.41) is 4.09. The monoisotopic (exact) mass is 397 g/mol. The van der Waals surface area contributed by atoms with Gasteiger partial charge in [-0.3, -0.25) is 0 Å². The molecule has 1 aliphatic heterocycles. The van der Waals surface area contributed by atoms with Gasteiger partial charge in [-0.2, -0.15) is 0 Å². The Hall–Kier alpha value is -3.05. The predicted molar refractivity (Wildman–Crippen MR) is 109 cm³/mol. The third-order valence-corrected chi connectivity index (χ3v) is 4.66. The summed E-state index contributed by atoms with van der Waals surface area (Å²) in [4.78, 5) is 0. The molecule has 3 aromatic carbocycles. The molecule has 0 aliphatic carbocycles. The highest BCUT2D eigenvalue weighted by Crippen LogP contribution is 2.34. The molecule has 0 amide bonds. The van der Waals surface area contributed by atoms with E-state index in [4.69, 9.17) is 30.5 Å². The van der Waals surface area contributed by atoms with Crippen LogP contribution in [-0.2, 0) is 13.2 Å². The van der Waals surface area contributed by atoms with Crippen molar-refractivity contribution in [2.45, 2.75) is 13.2 Å². The summed E-state index contributed by atoms with van der Waals surface area (Å²) in [6.07, 6.45) is 0. The average Bonchev–Trinajstić information content (AvgIpc) is 3.20. The van der Waals surface area contributed by atoms with Crippen LogP contribution >= 0.6 is 11.6 Å². The van der Waals surface area contributed by atoms with E-state index in [9.17, 15) is 0 Å². The van der Waals surface area contributed by atoms with Crippen molar-refractivity contribution in [3.63, 3.8) is 0 Å².